The predicted molar refractivity (Wildman–Crippen MR) is 107 cm³/mol. The molecule has 2 heterocycles. The summed E-state index contributed by atoms with van der Waals surface area (Å²) in [5, 5.41) is 0.384. The van der Waals surface area contributed by atoms with Gasteiger partial charge in [-0.3, -0.25) is 4.79 Å². The number of rotatable bonds is 7. The number of hydrogen-bond donors (Lipinski definition) is 3. The monoisotopic (exact) mass is 389 g/mol. The molecule has 0 spiro atoms. The van der Waals surface area contributed by atoms with Gasteiger partial charge in [0.2, 0.25) is 10.0 Å². The van der Waals surface area contributed by atoms with Gasteiger partial charge in [0.05, 0.1) is 15.8 Å². The van der Waals surface area contributed by atoms with Gasteiger partial charge in [0.1, 0.15) is 0 Å². The Bertz CT molecular complexity index is 1130. The molecule has 1 aromatic carbocycles. The predicted octanol–water partition coefficient (Wildman–Crippen LogP) is 3.11. The molecule has 3 N–H and O–H groups in total. The van der Waals surface area contributed by atoms with Gasteiger partial charge >= 0.3 is 0 Å². The number of fused-ring (bicyclic) bond motifs is 1. The van der Waals surface area contributed by atoms with Crippen molar-refractivity contribution in [1.29, 1.82) is 0 Å². The molecule has 0 saturated heterocycles. The maximum Gasteiger partial charge on any atom is 0.257 e. The summed E-state index contributed by atoms with van der Waals surface area (Å²) < 4.78 is 30.3. The van der Waals surface area contributed by atoms with Gasteiger partial charge in [-0.05, 0) is 54.7 Å². The largest absolute Gasteiger partial charge is 0.361 e. The molecule has 0 aliphatic carbocycles. The standard InChI is InChI=1S/C18H19N3O3S2/c1-3-5-14-12(11-19-16(14)4-2)8-9-20-26(23,24)13-6-7-17-15(10-13)18(22)25-21-17/h3-7,10-11,19-21H,2,8-9H2,1H3/b5-3-. The van der Waals surface area contributed by atoms with Crippen LogP contribution in [-0.4, -0.2) is 24.3 Å². The van der Waals surface area contributed by atoms with Crippen molar-refractivity contribution in [1.82, 2.24) is 14.1 Å². The van der Waals surface area contributed by atoms with E-state index in [1.54, 1.807) is 12.1 Å². The van der Waals surface area contributed by atoms with Crippen LogP contribution in [0, 0.1) is 0 Å². The van der Waals surface area contributed by atoms with Crippen LogP contribution in [0.2, 0.25) is 0 Å². The molecule has 2 aromatic heterocycles. The number of nitrogens with one attached hydrogen (secondary N) is 3. The molecule has 0 saturated carbocycles. The van der Waals surface area contributed by atoms with Gasteiger partial charge in [0, 0.05) is 24.0 Å². The Labute approximate surface area is 155 Å². The lowest BCUT2D eigenvalue weighted by Crippen LogP contribution is -2.26. The molecule has 26 heavy (non-hydrogen) atoms. The van der Waals surface area contributed by atoms with Crippen LogP contribution in [0.15, 0.2) is 46.7 Å². The first-order valence-corrected chi connectivity index (χ1v) is 10.3. The van der Waals surface area contributed by atoms with Crippen molar-refractivity contribution in [2.75, 3.05) is 6.54 Å². The fourth-order valence-electron chi connectivity index (χ4n) is 2.74. The van der Waals surface area contributed by atoms with Gasteiger partial charge in [-0.25, -0.2) is 13.1 Å². The number of aromatic nitrogens is 2. The third-order valence-corrected chi connectivity index (χ3v) is 6.22. The van der Waals surface area contributed by atoms with Crippen molar-refractivity contribution >= 4 is 44.6 Å². The smallest absolute Gasteiger partial charge is 0.257 e. The molecule has 3 aromatic rings. The Morgan fingerprint density at radius 1 is 1.35 bits per heavy atom. The van der Waals surface area contributed by atoms with E-state index in [9.17, 15) is 13.2 Å². The van der Waals surface area contributed by atoms with E-state index in [-0.39, 0.29) is 16.2 Å². The molecule has 0 aliphatic heterocycles. The Balaban J connectivity index is 1.76. The van der Waals surface area contributed by atoms with E-state index >= 15 is 0 Å². The lowest BCUT2D eigenvalue weighted by atomic mass is 10.1. The number of aromatic amines is 2. The molecule has 0 fully saturated rings. The van der Waals surface area contributed by atoms with Gasteiger partial charge in [-0.15, -0.1) is 0 Å². The molecule has 0 bridgehead atoms. The van der Waals surface area contributed by atoms with Crippen molar-refractivity contribution in [2.45, 2.75) is 18.2 Å². The Morgan fingerprint density at radius 3 is 2.88 bits per heavy atom. The summed E-state index contributed by atoms with van der Waals surface area (Å²) in [6, 6.07) is 4.50. The zero-order valence-corrected chi connectivity index (χ0v) is 15.8. The quantitative estimate of drug-likeness (QED) is 0.579. The highest BCUT2D eigenvalue weighted by atomic mass is 32.2. The highest BCUT2D eigenvalue weighted by Crippen LogP contribution is 2.19. The van der Waals surface area contributed by atoms with Crippen LogP contribution >= 0.6 is 11.5 Å². The van der Waals surface area contributed by atoms with Crippen LogP contribution in [-0.2, 0) is 16.4 Å². The lowest BCUT2D eigenvalue weighted by Gasteiger charge is -2.07. The fraction of sp³-hybridized carbons (Fsp3) is 0.167. The second-order valence-corrected chi connectivity index (χ2v) is 8.24. The van der Waals surface area contributed by atoms with Gasteiger partial charge < -0.3 is 9.36 Å². The number of sulfonamides is 1. The van der Waals surface area contributed by atoms with Gasteiger partial charge in [-0.2, -0.15) is 0 Å². The second kappa shape index (κ2) is 7.45. The van der Waals surface area contributed by atoms with Gasteiger partial charge in [-0.1, -0.05) is 18.7 Å². The van der Waals surface area contributed by atoms with E-state index < -0.39 is 10.0 Å². The average molecular weight is 390 g/mol. The summed E-state index contributed by atoms with van der Waals surface area (Å²) in [7, 11) is -3.69. The van der Waals surface area contributed by atoms with Crippen molar-refractivity contribution in [3.05, 3.63) is 63.4 Å². The SMILES string of the molecule is C=Cc1[nH]cc(CCNS(=O)(=O)c2ccc3[nH]sc(=O)c3c2)c1/C=C\C. The Hall–Kier alpha value is -2.42. The first-order valence-electron chi connectivity index (χ1n) is 8.02. The van der Waals surface area contributed by atoms with E-state index in [1.165, 1.54) is 12.1 Å². The number of H-pyrrole nitrogens is 2. The first-order chi connectivity index (χ1) is 12.5. The van der Waals surface area contributed by atoms with Crippen molar-refractivity contribution < 1.29 is 8.42 Å². The number of allylic oxidation sites excluding steroid dienone is 1. The van der Waals surface area contributed by atoms with Crippen LogP contribution in [0.3, 0.4) is 0 Å². The summed E-state index contributed by atoms with van der Waals surface area (Å²) in [6.07, 6.45) is 8.02. The normalized spacial score (nSPS) is 12.2. The second-order valence-electron chi connectivity index (χ2n) is 5.69. The fourth-order valence-corrected chi connectivity index (χ4v) is 4.46. The van der Waals surface area contributed by atoms with Crippen LogP contribution < -0.4 is 9.46 Å². The zero-order valence-electron chi connectivity index (χ0n) is 14.2. The van der Waals surface area contributed by atoms with Crippen LogP contribution in [0.1, 0.15) is 23.7 Å². The third kappa shape index (κ3) is 3.57. The van der Waals surface area contributed by atoms with E-state index in [0.29, 0.717) is 17.3 Å². The minimum absolute atomic E-state index is 0.0865. The van der Waals surface area contributed by atoms with Crippen LogP contribution in [0.25, 0.3) is 23.1 Å². The molecule has 8 heteroatoms. The maximum absolute atomic E-state index is 12.5. The van der Waals surface area contributed by atoms with E-state index in [1.807, 2.05) is 25.3 Å². The third-order valence-electron chi connectivity index (χ3n) is 4.04. The van der Waals surface area contributed by atoms with Crippen molar-refractivity contribution in [3.8, 4) is 0 Å². The summed E-state index contributed by atoms with van der Waals surface area (Å²) in [5.74, 6) is 0. The minimum Gasteiger partial charge on any atom is -0.361 e. The molecular weight excluding hydrogens is 370 g/mol. The summed E-state index contributed by atoms with van der Waals surface area (Å²) in [6.45, 7) is 5.94. The van der Waals surface area contributed by atoms with Crippen LogP contribution in [0.4, 0.5) is 0 Å². The van der Waals surface area contributed by atoms with Crippen LogP contribution in [0.5, 0.6) is 0 Å². The topological polar surface area (TPSA) is 94.8 Å². The number of hydrogen-bond acceptors (Lipinski definition) is 4. The van der Waals surface area contributed by atoms with Crippen molar-refractivity contribution in [3.63, 3.8) is 0 Å². The summed E-state index contributed by atoms with van der Waals surface area (Å²) in [5.41, 5.74) is 3.56. The van der Waals surface area contributed by atoms with E-state index in [4.69, 9.17) is 0 Å². The molecule has 0 atom stereocenters. The molecule has 6 nitrogen and oxygen atoms in total. The molecule has 0 amide bonds. The molecular formula is C18H19N3O3S2. The molecule has 3 rings (SSSR count). The van der Waals surface area contributed by atoms with Gasteiger partial charge in [0.25, 0.3) is 4.74 Å². The Kier molecular flexibility index (Phi) is 5.26. The molecule has 0 aliphatic rings. The summed E-state index contributed by atoms with van der Waals surface area (Å²) in [4.78, 5) is 15.0. The summed E-state index contributed by atoms with van der Waals surface area (Å²) >= 11 is 0.949. The molecule has 0 unspecified atom stereocenters. The lowest BCUT2D eigenvalue weighted by molar-refractivity contribution is 0.582. The van der Waals surface area contributed by atoms with Crippen molar-refractivity contribution in [2.24, 2.45) is 0 Å². The van der Waals surface area contributed by atoms with Gasteiger partial charge in [0.15, 0.2) is 0 Å². The Morgan fingerprint density at radius 2 is 2.15 bits per heavy atom. The molecule has 0 radical (unpaired) electrons. The highest BCUT2D eigenvalue weighted by Gasteiger charge is 2.16. The highest BCUT2D eigenvalue weighted by molar-refractivity contribution is 7.89. The number of benzene rings is 1. The first kappa shape index (κ1) is 18.4. The van der Waals surface area contributed by atoms with E-state index in [2.05, 4.69) is 20.7 Å². The van der Waals surface area contributed by atoms with E-state index in [0.717, 1.165) is 28.4 Å². The maximum atomic E-state index is 12.5. The molecule has 136 valence electrons. The average Bonchev–Trinajstić information content (AvgIpc) is 3.19. The minimum atomic E-state index is -3.69. The zero-order chi connectivity index (χ0) is 18.7.